The van der Waals surface area contributed by atoms with Crippen LogP contribution in [0.25, 0.3) is 0 Å². The molecule has 1 N–H and O–H groups in total. The van der Waals surface area contributed by atoms with Gasteiger partial charge in [-0.2, -0.15) is 4.39 Å². The zero-order chi connectivity index (χ0) is 19.3. The van der Waals surface area contributed by atoms with Crippen molar-refractivity contribution in [2.45, 2.75) is 19.4 Å². The minimum atomic E-state index is -1.16. The third-order valence-corrected chi connectivity index (χ3v) is 4.41. The van der Waals surface area contributed by atoms with Gasteiger partial charge in [0.25, 0.3) is 11.1 Å². The number of halogens is 1. The molecule has 0 bridgehead atoms. The smallest absolute Gasteiger partial charge is 0.308 e. The standard InChI is InChI=1S/C15H16FN3O6S/c1-9(25-13(20)4-5-18-6-7-26-15(18)22)14(21)17-10-2-3-11(16)12(8-10)19(23)24/h2-3,8-9H,4-7H2,1H3,(H,17,21). The average molecular weight is 385 g/mol. The predicted molar refractivity (Wildman–Crippen MR) is 91.3 cm³/mol. The van der Waals surface area contributed by atoms with E-state index in [1.165, 1.54) is 23.6 Å². The van der Waals surface area contributed by atoms with Crippen LogP contribution in [0.2, 0.25) is 0 Å². The van der Waals surface area contributed by atoms with Gasteiger partial charge in [-0.3, -0.25) is 24.5 Å². The second-order valence-electron chi connectivity index (χ2n) is 5.40. The number of hydrogen-bond donors (Lipinski definition) is 1. The van der Waals surface area contributed by atoms with Crippen LogP contribution in [0, 0.1) is 15.9 Å². The molecule has 140 valence electrons. The van der Waals surface area contributed by atoms with Crippen LogP contribution in [0.5, 0.6) is 0 Å². The second-order valence-corrected chi connectivity index (χ2v) is 6.44. The first-order valence-corrected chi connectivity index (χ1v) is 8.62. The fourth-order valence-electron chi connectivity index (χ4n) is 2.14. The molecule has 0 saturated carbocycles. The van der Waals surface area contributed by atoms with Gasteiger partial charge in [-0.15, -0.1) is 0 Å². The molecule has 0 radical (unpaired) electrons. The quantitative estimate of drug-likeness (QED) is 0.434. The number of anilines is 1. The summed E-state index contributed by atoms with van der Waals surface area (Å²) >= 11 is 1.18. The minimum absolute atomic E-state index is 0.00527. The lowest BCUT2D eigenvalue weighted by Gasteiger charge is -2.16. The molecule has 1 aliphatic rings. The zero-order valence-corrected chi connectivity index (χ0v) is 14.6. The molecule has 1 atom stereocenters. The first-order valence-electron chi connectivity index (χ1n) is 7.64. The Morgan fingerprint density at radius 3 is 2.85 bits per heavy atom. The SMILES string of the molecule is CC(OC(=O)CCN1CCSC1=O)C(=O)Nc1ccc(F)c([N+](=O)[O-])c1. The number of amides is 2. The van der Waals surface area contributed by atoms with Crippen molar-refractivity contribution in [3.05, 3.63) is 34.1 Å². The summed E-state index contributed by atoms with van der Waals surface area (Å²) in [5.41, 5.74) is -0.772. The number of thioether (sulfide) groups is 1. The van der Waals surface area contributed by atoms with Crippen molar-refractivity contribution in [1.82, 2.24) is 4.90 Å². The van der Waals surface area contributed by atoms with Crippen molar-refractivity contribution >= 4 is 40.3 Å². The van der Waals surface area contributed by atoms with Gasteiger partial charge in [0.1, 0.15) is 0 Å². The number of nitrogens with one attached hydrogen (secondary N) is 1. The molecule has 0 spiro atoms. The van der Waals surface area contributed by atoms with Gasteiger partial charge in [-0.25, -0.2) is 0 Å². The molecule has 2 rings (SSSR count). The lowest BCUT2D eigenvalue weighted by molar-refractivity contribution is -0.387. The summed E-state index contributed by atoms with van der Waals surface area (Å²) in [6.45, 7) is 2.11. The molecule has 11 heteroatoms. The Morgan fingerprint density at radius 2 is 2.23 bits per heavy atom. The van der Waals surface area contributed by atoms with Gasteiger partial charge in [-0.05, 0) is 19.1 Å². The Labute approximate surface area is 152 Å². The molecule has 1 fully saturated rings. The highest BCUT2D eigenvalue weighted by Crippen LogP contribution is 2.22. The van der Waals surface area contributed by atoms with Crippen molar-refractivity contribution < 1.29 is 28.4 Å². The topological polar surface area (TPSA) is 119 Å². The van der Waals surface area contributed by atoms with Crippen molar-refractivity contribution in [2.75, 3.05) is 24.2 Å². The van der Waals surface area contributed by atoms with Crippen LogP contribution < -0.4 is 5.32 Å². The summed E-state index contributed by atoms with van der Waals surface area (Å²) in [7, 11) is 0. The number of benzene rings is 1. The number of esters is 1. The number of nitrogens with zero attached hydrogens (tertiary/aromatic N) is 2. The van der Waals surface area contributed by atoms with E-state index < -0.39 is 34.4 Å². The summed E-state index contributed by atoms with van der Waals surface area (Å²) in [5.74, 6) is -1.71. The van der Waals surface area contributed by atoms with Crippen molar-refractivity contribution in [2.24, 2.45) is 0 Å². The molecule has 26 heavy (non-hydrogen) atoms. The summed E-state index contributed by atoms with van der Waals surface area (Å²) in [5, 5.41) is 12.9. The van der Waals surface area contributed by atoms with E-state index in [0.29, 0.717) is 12.3 Å². The lowest BCUT2D eigenvalue weighted by Crippen LogP contribution is -2.32. The fraction of sp³-hybridized carbons (Fsp3) is 0.400. The van der Waals surface area contributed by atoms with Crippen LogP contribution in [0.1, 0.15) is 13.3 Å². The number of nitro benzene ring substituents is 1. The van der Waals surface area contributed by atoms with Gasteiger partial charge < -0.3 is 15.0 Å². The molecule has 2 amide bonds. The maximum Gasteiger partial charge on any atom is 0.308 e. The van der Waals surface area contributed by atoms with E-state index in [2.05, 4.69) is 5.32 Å². The third kappa shape index (κ3) is 5.15. The van der Waals surface area contributed by atoms with Crippen LogP contribution in [0.3, 0.4) is 0 Å². The predicted octanol–water partition coefficient (Wildman–Crippen LogP) is 2.16. The second kappa shape index (κ2) is 8.61. The summed E-state index contributed by atoms with van der Waals surface area (Å²) in [4.78, 5) is 46.5. The number of ether oxygens (including phenoxy) is 1. The van der Waals surface area contributed by atoms with Gasteiger partial charge in [0.2, 0.25) is 5.82 Å². The minimum Gasteiger partial charge on any atom is -0.452 e. The lowest BCUT2D eigenvalue weighted by atomic mass is 10.2. The van der Waals surface area contributed by atoms with Crippen LogP contribution in [0.4, 0.5) is 20.6 Å². The largest absolute Gasteiger partial charge is 0.452 e. The molecular formula is C15H16FN3O6S. The van der Waals surface area contributed by atoms with Crippen LogP contribution in [-0.4, -0.2) is 51.9 Å². The van der Waals surface area contributed by atoms with Gasteiger partial charge in [-0.1, -0.05) is 11.8 Å². The average Bonchev–Trinajstić information content (AvgIpc) is 2.99. The molecule has 1 saturated heterocycles. The molecule has 1 aromatic rings. The van der Waals surface area contributed by atoms with Crippen LogP contribution in [0.15, 0.2) is 18.2 Å². The Morgan fingerprint density at radius 1 is 1.50 bits per heavy atom. The van der Waals surface area contributed by atoms with Gasteiger partial charge in [0, 0.05) is 30.6 Å². The number of rotatable bonds is 7. The molecule has 1 aliphatic heterocycles. The Hall–Kier alpha value is -2.69. The van der Waals surface area contributed by atoms with E-state index in [-0.39, 0.29) is 23.9 Å². The van der Waals surface area contributed by atoms with Crippen LogP contribution in [-0.2, 0) is 14.3 Å². The van der Waals surface area contributed by atoms with Crippen molar-refractivity contribution in [1.29, 1.82) is 0 Å². The summed E-state index contributed by atoms with van der Waals surface area (Å²) in [6, 6.07) is 2.89. The Bertz CT molecular complexity index is 744. The Kier molecular flexibility index (Phi) is 6.50. The van der Waals surface area contributed by atoms with E-state index in [1.807, 2.05) is 0 Å². The molecule has 0 aromatic heterocycles. The highest BCUT2D eigenvalue weighted by atomic mass is 32.2. The van der Waals surface area contributed by atoms with Gasteiger partial charge >= 0.3 is 11.7 Å². The first-order chi connectivity index (χ1) is 12.3. The molecule has 1 aromatic carbocycles. The van der Waals surface area contributed by atoms with E-state index in [9.17, 15) is 28.9 Å². The third-order valence-electron chi connectivity index (χ3n) is 3.52. The Balaban J connectivity index is 1.85. The highest BCUT2D eigenvalue weighted by Gasteiger charge is 2.24. The molecule has 1 heterocycles. The number of hydrogen-bond acceptors (Lipinski definition) is 7. The fourth-order valence-corrected chi connectivity index (χ4v) is 2.99. The van der Waals surface area contributed by atoms with Gasteiger partial charge in [0.05, 0.1) is 11.3 Å². The zero-order valence-electron chi connectivity index (χ0n) is 13.8. The van der Waals surface area contributed by atoms with E-state index >= 15 is 0 Å². The molecule has 0 aliphatic carbocycles. The molecule has 9 nitrogen and oxygen atoms in total. The summed E-state index contributed by atoms with van der Waals surface area (Å²) < 4.78 is 18.3. The normalized spacial score (nSPS) is 14.8. The maximum absolute atomic E-state index is 13.3. The number of nitro groups is 1. The summed E-state index contributed by atoms with van der Waals surface area (Å²) in [6.07, 6.45) is -1.21. The monoisotopic (exact) mass is 385 g/mol. The first kappa shape index (κ1) is 19.6. The van der Waals surface area contributed by atoms with Gasteiger partial charge in [0.15, 0.2) is 6.10 Å². The van der Waals surface area contributed by atoms with E-state index in [0.717, 1.165) is 18.2 Å². The van der Waals surface area contributed by atoms with Crippen LogP contribution >= 0.6 is 11.8 Å². The number of carbonyl (C=O) groups is 3. The van der Waals surface area contributed by atoms with Crippen molar-refractivity contribution in [3.63, 3.8) is 0 Å². The number of carbonyl (C=O) groups excluding carboxylic acids is 3. The van der Waals surface area contributed by atoms with E-state index in [4.69, 9.17) is 4.74 Å². The maximum atomic E-state index is 13.3. The molecular weight excluding hydrogens is 369 g/mol. The highest BCUT2D eigenvalue weighted by molar-refractivity contribution is 8.13. The van der Waals surface area contributed by atoms with E-state index in [1.54, 1.807) is 0 Å². The van der Waals surface area contributed by atoms with Crippen molar-refractivity contribution in [3.8, 4) is 0 Å². The molecule has 1 unspecified atom stereocenters.